The van der Waals surface area contributed by atoms with Crippen molar-refractivity contribution in [1.29, 1.82) is 0 Å². The van der Waals surface area contributed by atoms with Crippen LogP contribution in [0.5, 0.6) is 0 Å². The summed E-state index contributed by atoms with van der Waals surface area (Å²) in [5, 5.41) is 5.48. The summed E-state index contributed by atoms with van der Waals surface area (Å²) in [5.41, 5.74) is 7.04. The van der Waals surface area contributed by atoms with Crippen LogP contribution >= 0.6 is 0 Å². The Morgan fingerprint density at radius 1 is 1.26 bits per heavy atom. The van der Waals surface area contributed by atoms with Gasteiger partial charge in [0.25, 0.3) is 0 Å². The monoisotopic (exact) mass is 261 g/mol. The van der Waals surface area contributed by atoms with Crippen LogP contribution in [0.25, 0.3) is 0 Å². The minimum Gasteiger partial charge on any atom is -0.326 e. The summed E-state index contributed by atoms with van der Waals surface area (Å²) < 4.78 is 0. The molecule has 19 heavy (non-hydrogen) atoms. The molecule has 0 unspecified atom stereocenters. The Balaban J connectivity index is 1.94. The van der Waals surface area contributed by atoms with Crippen LogP contribution in [0.2, 0.25) is 0 Å². The number of anilines is 2. The van der Waals surface area contributed by atoms with Gasteiger partial charge < -0.3 is 16.4 Å². The highest BCUT2D eigenvalue weighted by Crippen LogP contribution is 2.32. The molecule has 0 saturated heterocycles. The van der Waals surface area contributed by atoms with Crippen LogP contribution in [-0.2, 0) is 9.59 Å². The standard InChI is InChI=1S/C14H19N3O2/c1-10(18)16-11-4-2-5-12(8-11)17-13(19)9-14(15)6-3-7-14/h2,4-5,8H,3,6-7,9,15H2,1H3,(H,16,18)(H,17,19). The highest BCUT2D eigenvalue weighted by molar-refractivity contribution is 5.93. The first-order valence-corrected chi connectivity index (χ1v) is 6.43. The van der Waals surface area contributed by atoms with Crippen molar-refractivity contribution in [3.8, 4) is 0 Å². The first-order valence-electron chi connectivity index (χ1n) is 6.43. The lowest BCUT2D eigenvalue weighted by molar-refractivity contribution is -0.118. The summed E-state index contributed by atoms with van der Waals surface area (Å²) in [4.78, 5) is 22.8. The summed E-state index contributed by atoms with van der Waals surface area (Å²) in [6.45, 7) is 1.44. The molecule has 1 aliphatic carbocycles. The van der Waals surface area contributed by atoms with Crippen LogP contribution < -0.4 is 16.4 Å². The van der Waals surface area contributed by atoms with E-state index in [-0.39, 0.29) is 17.4 Å². The van der Waals surface area contributed by atoms with Gasteiger partial charge in [-0.2, -0.15) is 0 Å². The highest BCUT2D eigenvalue weighted by atomic mass is 16.2. The van der Waals surface area contributed by atoms with E-state index < -0.39 is 0 Å². The lowest BCUT2D eigenvalue weighted by atomic mass is 9.75. The Bertz CT molecular complexity index is 495. The fourth-order valence-corrected chi connectivity index (χ4v) is 2.21. The number of hydrogen-bond donors (Lipinski definition) is 3. The first kappa shape index (κ1) is 13.5. The summed E-state index contributed by atoms with van der Waals surface area (Å²) in [7, 11) is 0. The molecule has 0 aromatic heterocycles. The zero-order chi connectivity index (χ0) is 13.9. The van der Waals surface area contributed by atoms with Crippen LogP contribution in [-0.4, -0.2) is 17.4 Å². The second-order valence-corrected chi connectivity index (χ2v) is 5.20. The van der Waals surface area contributed by atoms with Crippen molar-refractivity contribution in [3.63, 3.8) is 0 Å². The van der Waals surface area contributed by atoms with Gasteiger partial charge in [-0.05, 0) is 37.5 Å². The zero-order valence-corrected chi connectivity index (χ0v) is 11.0. The van der Waals surface area contributed by atoms with Crippen LogP contribution in [0.1, 0.15) is 32.6 Å². The molecule has 1 aromatic rings. The molecule has 1 fully saturated rings. The maximum absolute atomic E-state index is 11.9. The van der Waals surface area contributed by atoms with E-state index in [0.717, 1.165) is 19.3 Å². The third-order valence-corrected chi connectivity index (χ3v) is 3.33. The third kappa shape index (κ3) is 3.79. The number of hydrogen-bond acceptors (Lipinski definition) is 3. The van der Waals surface area contributed by atoms with Gasteiger partial charge in [-0.15, -0.1) is 0 Å². The number of rotatable bonds is 4. The summed E-state index contributed by atoms with van der Waals surface area (Å²) in [6, 6.07) is 7.06. The van der Waals surface area contributed by atoms with Crippen LogP contribution in [0.15, 0.2) is 24.3 Å². The number of amides is 2. The Morgan fingerprint density at radius 3 is 2.42 bits per heavy atom. The van der Waals surface area contributed by atoms with Crippen molar-refractivity contribution in [2.75, 3.05) is 10.6 Å². The van der Waals surface area contributed by atoms with E-state index in [1.165, 1.54) is 6.92 Å². The van der Waals surface area contributed by atoms with Gasteiger partial charge in [-0.25, -0.2) is 0 Å². The third-order valence-electron chi connectivity index (χ3n) is 3.33. The van der Waals surface area contributed by atoms with Gasteiger partial charge in [0.1, 0.15) is 0 Å². The Kier molecular flexibility index (Phi) is 3.85. The molecule has 0 atom stereocenters. The lowest BCUT2D eigenvalue weighted by Crippen LogP contribution is -2.48. The zero-order valence-electron chi connectivity index (χ0n) is 11.0. The van der Waals surface area contributed by atoms with Gasteiger partial charge in [0.2, 0.25) is 11.8 Å². The van der Waals surface area contributed by atoms with E-state index in [0.29, 0.717) is 17.8 Å². The SMILES string of the molecule is CC(=O)Nc1cccc(NC(=O)CC2(N)CCC2)c1. The molecule has 2 amide bonds. The molecule has 102 valence electrons. The molecule has 0 radical (unpaired) electrons. The topological polar surface area (TPSA) is 84.2 Å². The highest BCUT2D eigenvalue weighted by Gasteiger charge is 2.34. The average Bonchev–Trinajstić information content (AvgIpc) is 2.26. The summed E-state index contributed by atoms with van der Waals surface area (Å²) >= 11 is 0. The van der Waals surface area contributed by atoms with Crippen molar-refractivity contribution < 1.29 is 9.59 Å². The van der Waals surface area contributed by atoms with Crippen molar-refractivity contribution >= 4 is 23.2 Å². The number of nitrogens with two attached hydrogens (primary N) is 1. The Morgan fingerprint density at radius 2 is 1.89 bits per heavy atom. The van der Waals surface area contributed by atoms with Crippen molar-refractivity contribution in [3.05, 3.63) is 24.3 Å². The van der Waals surface area contributed by atoms with E-state index in [9.17, 15) is 9.59 Å². The molecule has 1 aromatic carbocycles. The molecule has 0 bridgehead atoms. The van der Waals surface area contributed by atoms with E-state index in [4.69, 9.17) is 5.73 Å². The Hall–Kier alpha value is -1.88. The van der Waals surface area contributed by atoms with Crippen LogP contribution in [0, 0.1) is 0 Å². The fourth-order valence-electron chi connectivity index (χ4n) is 2.21. The predicted octanol–water partition coefficient (Wildman–Crippen LogP) is 1.85. The van der Waals surface area contributed by atoms with Gasteiger partial charge in [-0.3, -0.25) is 9.59 Å². The predicted molar refractivity (Wildman–Crippen MR) is 74.8 cm³/mol. The number of carbonyl (C=O) groups excluding carboxylic acids is 2. The van der Waals surface area contributed by atoms with Gasteiger partial charge in [0, 0.05) is 30.3 Å². The van der Waals surface area contributed by atoms with Crippen molar-refractivity contribution in [2.24, 2.45) is 5.73 Å². The summed E-state index contributed by atoms with van der Waals surface area (Å²) in [5.74, 6) is -0.221. The largest absolute Gasteiger partial charge is 0.326 e. The second kappa shape index (κ2) is 5.40. The molecule has 0 heterocycles. The molecule has 1 aliphatic rings. The van der Waals surface area contributed by atoms with E-state index in [1.807, 2.05) is 0 Å². The smallest absolute Gasteiger partial charge is 0.226 e. The molecule has 5 heteroatoms. The molecular weight excluding hydrogens is 242 g/mol. The average molecular weight is 261 g/mol. The van der Waals surface area contributed by atoms with Gasteiger partial charge >= 0.3 is 0 Å². The van der Waals surface area contributed by atoms with Crippen LogP contribution in [0.3, 0.4) is 0 Å². The molecule has 5 nitrogen and oxygen atoms in total. The van der Waals surface area contributed by atoms with Crippen molar-refractivity contribution in [2.45, 2.75) is 38.1 Å². The molecule has 0 aliphatic heterocycles. The van der Waals surface area contributed by atoms with Gasteiger partial charge in [0.15, 0.2) is 0 Å². The van der Waals surface area contributed by atoms with Crippen LogP contribution in [0.4, 0.5) is 11.4 Å². The molecular formula is C14H19N3O2. The molecule has 0 spiro atoms. The molecule has 2 rings (SSSR count). The molecule has 4 N–H and O–H groups in total. The summed E-state index contributed by atoms with van der Waals surface area (Å²) in [6.07, 6.45) is 3.26. The fraction of sp³-hybridized carbons (Fsp3) is 0.429. The molecule has 1 saturated carbocycles. The maximum atomic E-state index is 11.9. The second-order valence-electron chi connectivity index (χ2n) is 5.20. The first-order chi connectivity index (χ1) is 8.97. The van der Waals surface area contributed by atoms with Gasteiger partial charge in [-0.1, -0.05) is 6.07 Å². The normalized spacial score (nSPS) is 16.3. The van der Waals surface area contributed by atoms with E-state index >= 15 is 0 Å². The maximum Gasteiger partial charge on any atom is 0.226 e. The van der Waals surface area contributed by atoms with Crippen molar-refractivity contribution in [1.82, 2.24) is 0 Å². The number of carbonyl (C=O) groups is 2. The van der Waals surface area contributed by atoms with E-state index in [2.05, 4.69) is 10.6 Å². The number of nitrogens with one attached hydrogen (secondary N) is 2. The minimum atomic E-state index is -0.320. The minimum absolute atomic E-state index is 0.0813. The quantitative estimate of drug-likeness (QED) is 0.773. The number of benzene rings is 1. The lowest BCUT2D eigenvalue weighted by Gasteiger charge is -2.37. The Labute approximate surface area is 112 Å². The van der Waals surface area contributed by atoms with E-state index in [1.54, 1.807) is 24.3 Å². The van der Waals surface area contributed by atoms with Gasteiger partial charge in [0.05, 0.1) is 0 Å².